The number of hydrogen-bond acceptors (Lipinski definition) is 4. The standard InChI is InChI=1S/C17H28F3NO4/c1-15(2,3)25-14(23)21-16(13(22)24-4)9-6-5-7-12(8-10-16)11-17(18,19)20/h12H,5-11H2,1-4H3,(H,21,23). The Labute approximate surface area is 146 Å². The number of alkyl halides is 3. The SMILES string of the molecule is COC(=O)C1(NC(=O)OC(C)(C)C)CCCCC(CC(F)(F)F)CC1. The minimum Gasteiger partial charge on any atom is -0.467 e. The average molecular weight is 367 g/mol. The second-order valence-electron chi connectivity index (χ2n) is 7.67. The number of rotatable bonds is 3. The third kappa shape index (κ3) is 7.52. The van der Waals surface area contributed by atoms with Crippen LogP contribution in [0.1, 0.15) is 65.7 Å². The molecular weight excluding hydrogens is 339 g/mol. The Hall–Kier alpha value is -1.47. The monoisotopic (exact) mass is 367 g/mol. The zero-order valence-electron chi connectivity index (χ0n) is 15.3. The number of amides is 1. The van der Waals surface area contributed by atoms with Crippen molar-refractivity contribution >= 4 is 12.1 Å². The summed E-state index contributed by atoms with van der Waals surface area (Å²) in [5, 5.41) is 2.57. The average Bonchev–Trinajstić information content (AvgIpc) is 2.41. The topological polar surface area (TPSA) is 64.6 Å². The van der Waals surface area contributed by atoms with Gasteiger partial charge in [0.05, 0.1) is 7.11 Å². The van der Waals surface area contributed by atoms with E-state index >= 15 is 0 Å². The molecule has 25 heavy (non-hydrogen) atoms. The lowest BCUT2D eigenvalue weighted by Crippen LogP contribution is -2.56. The van der Waals surface area contributed by atoms with Crippen LogP contribution >= 0.6 is 0 Å². The molecule has 1 amide bonds. The maximum atomic E-state index is 12.7. The smallest absolute Gasteiger partial charge is 0.408 e. The number of halogens is 3. The van der Waals surface area contributed by atoms with Crippen LogP contribution in [0.2, 0.25) is 0 Å². The third-order valence-electron chi connectivity index (χ3n) is 4.28. The molecule has 1 aliphatic rings. The highest BCUT2D eigenvalue weighted by Crippen LogP contribution is 2.36. The van der Waals surface area contributed by atoms with Gasteiger partial charge in [-0.15, -0.1) is 0 Å². The van der Waals surface area contributed by atoms with E-state index in [2.05, 4.69) is 5.32 Å². The largest absolute Gasteiger partial charge is 0.467 e. The minimum absolute atomic E-state index is 0.0969. The maximum Gasteiger partial charge on any atom is 0.408 e. The van der Waals surface area contributed by atoms with Crippen LogP contribution in [-0.4, -0.2) is 36.5 Å². The summed E-state index contributed by atoms with van der Waals surface area (Å²) >= 11 is 0. The van der Waals surface area contributed by atoms with Crippen molar-refractivity contribution in [1.82, 2.24) is 5.32 Å². The molecule has 8 heteroatoms. The lowest BCUT2D eigenvalue weighted by atomic mass is 9.79. The first-order valence-corrected chi connectivity index (χ1v) is 8.53. The van der Waals surface area contributed by atoms with Gasteiger partial charge in [-0.1, -0.05) is 19.3 Å². The van der Waals surface area contributed by atoms with Gasteiger partial charge in [0.25, 0.3) is 0 Å². The molecule has 1 fully saturated rings. The van der Waals surface area contributed by atoms with E-state index in [0.717, 1.165) is 0 Å². The number of ether oxygens (including phenoxy) is 2. The molecule has 1 N–H and O–H groups in total. The summed E-state index contributed by atoms with van der Waals surface area (Å²) in [5.74, 6) is -1.21. The molecule has 5 nitrogen and oxygen atoms in total. The molecule has 0 aromatic heterocycles. The summed E-state index contributed by atoms with van der Waals surface area (Å²) in [6.45, 7) is 5.07. The summed E-state index contributed by atoms with van der Waals surface area (Å²) in [7, 11) is 1.20. The number of hydrogen-bond donors (Lipinski definition) is 1. The fraction of sp³-hybridized carbons (Fsp3) is 0.882. The molecule has 0 spiro atoms. The highest BCUT2D eigenvalue weighted by molar-refractivity contribution is 5.85. The van der Waals surface area contributed by atoms with Crippen molar-refractivity contribution in [3.05, 3.63) is 0 Å². The zero-order valence-corrected chi connectivity index (χ0v) is 15.3. The van der Waals surface area contributed by atoms with Gasteiger partial charge < -0.3 is 14.8 Å². The van der Waals surface area contributed by atoms with Gasteiger partial charge in [-0.2, -0.15) is 13.2 Å². The number of methoxy groups -OCH3 is 1. The molecule has 1 saturated carbocycles. The van der Waals surface area contributed by atoms with Crippen LogP contribution in [0.5, 0.6) is 0 Å². The number of carbonyl (C=O) groups is 2. The molecule has 0 aliphatic heterocycles. The lowest BCUT2D eigenvalue weighted by Gasteiger charge is -2.36. The molecular formula is C17H28F3NO4. The highest BCUT2D eigenvalue weighted by Gasteiger charge is 2.43. The molecule has 0 bridgehead atoms. The zero-order chi connectivity index (χ0) is 19.3. The van der Waals surface area contributed by atoms with Crippen LogP contribution in [0.25, 0.3) is 0 Å². The number of nitrogens with one attached hydrogen (secondary N) is 1. The van der Waals surface area contributed by atoms with E-state index in [0.29, 0.717) is 25.7 Å². The molecule has 146 valence electrons. The van der Waals surface area contributed by atoms with Crippen LogP contribution < -0.4 is 5.32 Å². The predicted molar refractivity (Wildman–Crippen MR) is 86.0 cm³/mol. The third-order valence-corrected chi connectivity index (χ3v) is 4.28. The Kier molecular flexibility index (Phi) is 7.14. The molecule has 0 radical (unpaired) electrons. The van der Waals surface area contributed by atoms with E-state index in [4.69, 9.17) is 9.47 Å². The molecule has 2 atom stereocenters. The molecule has 0 aromatic carbocycles. The minimum atomic E-state index is -4.24. The van der Waals surface area contributed by atoms with Crippen molar-refractivity contribution in [3.63, 3.8) is 0 Å². The Morgan fingerprint density at radius 2 is 1.76 bits per heavy atom. The Balaban J connectivity index is 2.91. The second-order valence-corrected chi connectivity index (χ2v) is 7.67. The maximum absolute atomic E-state index is 12.7. The number of alkyl carbamates (subject to hydrolysis) is 1. The van der Waals surface area contributed by atoms with Crippen molar-refractivity contribution in [3.8, 4) is 0 Å². The summed E-state index contributed by atoms with van der Waals surface area (Å²) in [5.41, 5.74) is -2.09. The highest BCUT2D eigenvalue weighted by atomic mass is 19.4. The van der Waals surface area contributed by atoms with Crippen LogP contribution in [0, 0.1) is 5.92 Å². The van der Waals surface area contributed by atoms with Crippen LogP contribution in [0.4, 0.5) is 18.0 Å². The fourth-order valence-corrected chi connectivity index (χ4v) is 3.19. The first-order chi connectivity index (χ1) is 11.4. The summed E-state index contributed by atoms with van der Waals surface area (Å²) in [6, 6.07) is 0. The van der Waals surface area contributed by atoms with Gasteiger partial charge in [-0.25, -0.2) is 9.59 Å². The quantitative estimate of drug-likeness (QED) is 0.754. The van der Waals surface area contributed by atoms with Gasteiger partial charge in [-0.3, -0.25) is 0 Å². The van der Waals surface area contributed by atoms with Gasteiger partial charge in [0.15, 0.2) is 0 Å². The first kappa shape index (κ1) is 21.6. The second kappa shape index (κ2) is 8.27. The van der Waals surface area contributed by atoms with Gasteiger partial charge in [0, 0.05) is 6.42 Å². The van der Waals surface area contributed by atoms with E-state index < -0.39 is 41.7 Å². The van der Waals surface area contributed by atoms with E-state index in [1.54, 1.807) is 20.8 Å². The van der Waals surface area contributed by atoms with E-state index in [9.17, 15) is 22.8 Å². The molecule has 0 aromatic rings. The molecule has 2 unspecified atom stereocenters. The summed E-state index contributed by atoms with van der Waals surface area (Å²) in [4.78, 5) is 24.5. The number of carbonyl (C=O) groups excluding carboxylic acids is 2. The van der Waals surface area contributed by atoms with Gasteiger partial charge in [-0.05, 0) is 46.0 Å². The molecule has 1 aliphatic carbocycles. The van der Waals surface area contributed by atoms with Crippen molar-refractivity contribution in [1.29, 1.82) is 0 Å². The van der Waals surface area contributed by atoms with Gasteiger partial charge >= 0.3 is 18.2 Å². The van der Waals surface area contributed by atoms with Crippen molar-refractivity contribution in [2.75, 3.05) is 7.11 Å². The first-order valence-electron chi connectivity index (χ1n) is 8.53. The van der Waals surface area contributed by atoms with Crippen molar-refractivity contribution < 1.29 is 32.2 Å². The molecule has 0 heterocycles. The van der Waals surface area contributed by atoms with Crippen LogP contribution in [0.3, 0.4) is 0 Å². The predicted octanol–water partition coefficient (Wildman–Crippen LogP) is 4.35. The fourth-order valence-electron chi connectivity index (χ4n) is 3.19. The van der Waals surface area contributed by atoms with Gasteiger partial charge in [0.1, 0.15) is 11.1 Å². The Morgan fingerprint density at radius 1 is 1.12 bits per heavy atom. The van der Waals surface area contributed by atoms with Crippen molar-refractivity contribution in [2.24, 2.45) is 5.92 Å². The summed E-state index contributed by atoms with van der Waals surface area (Å²) < 4.78 is 48.1. The molecule has 1 rings (SSSR count). The number of esters is 1. The van der Waals surface area contributed by atoms with E-state index in [1.165, 1.54) is 7.11 Å². The summed E-state index contributed by atoms with van der Waals surface area (Å²) in [6.07, 6.45) is -3.74. The van der Waals surface area contributed by atoms with Crippen LogP contribution in [0.15, 0.2) is 0 Å². The van der Waals surface area contributed by atoms with E-state index in [1.807, 2.05) is 0 Å². The van der Waals surface area contributed by atoms with Gasteiger partial charge in [0.2, 0.25) is 0 Å². The Bertz CT molecular complexity index is 473. The normalized spacial score (nSPS) is 25.5. The van der Waals surface area contributed by atoms with E-state index in [-0.39, 0.29) is 12.8 Å². The molecule has 0 saturated heterocycles. The Morgan fingerprint density at radius 3 is 2.28 bits per heavy atom. The van der Waals surface area contributed by atoms with Crippen molar-refractivity contribution in [2.45, 2.75) is 83.0 Å². The lowest BCUT2D eigenvalue weighted by molar-refractivity contribution is -0.151. The van der Waals surface area contributed by atoms with Crippen LogP contribution in [-0.2, 0) is 14.3 Å².